The minimum atomic E-state index is -4.29. The monoisotopic (exact) mass is 295 g/mol. The van der Waals surface area contributed by atoms with Crippen LogP contribution in [-0.4, -0.2) is 11.5 Å². The molecule has 2 aromatic rings. The molecule has 112 valence electrons. The summed E-state index contributed by atoms with van der Waals surface area (Å²) in [5.74, 6) is 0.759. The van der Waals surface area contributed by atoms with Crippen LogP contribution < -0.4 is 10.6 Å². The van der Waals surface area contributed by atoms with E-state index in [9.17, 15) is 13.2 Å². The van der Waals surface area contributed by atoms with E-state index in [4.69, 9.17) is 0 Å². The Kier molecular flexibility index (Phi) is 4.67. The maximum Gasteiger partial charge on any atom is 0.416 e. The molecule has 3 nitrogen and oxygen atoms in total. The molecule has 1 heterocycles. The Bertz CT molecular complexity index is 579. The van der Waals surface area contributed by atoms with Crippen molar-refractivity contribution in [2.24, 2.45) is 0 Å². The summed E-state index contributed by atoms with van der Waals surface area (Å²) < 4.78 is 37.4. The van der Waals surface area contributed by atoms with Crippen molar-refractivity contribution in [3.05, 3.63) is 53.7 Å². The van der Waals surface area contributed by atoms with Gasteiger partial charge in [0.2, 0.25) is 0 Å². The lowest BCUT2D eigenvalue weighted by molar-refractivity contribution is -0.137. The number of nitrogens with zero attached hydrogens (tertiary/aromatic N) is 1. The number of nitrogens with one attached hydrogen (secondary N) is 2. The van der Waals surface area contributed by atoms with Gasteiger partial charge in [0.25, 0.3) is 0 Å². The van der Waals surface area contributed by atoms with Crippen LogP contribution in [0.5, 0.6) is 0 Å². The van der Waals surface area contributed by atoms with Gasteiger partial charge in [0.15, 0.2) is 0 Å². The first kappa shape index (κ1) is 15.2. The predicted octanol–water partition coefficient (Wildman–Crippen LogP) is 4.14. The largest absolute Gasteiger partial charge is 0.416 e. The molecule has 0 atom stereocenters. The van der Waals surface area contributed by atoms with E-state index < -0.39 is 11.7 Å². The molecule has 0 aliphatic rings. The second kappa shape index (κ2) is 6.47. The molecule has 0 unspecified atom stereocenters. The summed E-state index contributed by atoms with van der Waals surface area (Å²) in [5.41, 5.74) is 1.01. The number of alkyl halides is 3. The molecule has 21 heavy (non-hydrogen) atoms. The Morgan fingerprint density at radius 1 is 1.05 bits per heavy atom. The minimum Gasteiger partial charge on any atom is -0.381 e. The quantitative estimate of drug-likeness (QED) is 0.870. The van der Waals surface area contributed by atoms with Gasteiger partial charge in [-0.25, -0.2) is 4.98 Å². The van der Waals surface area contributed by atoms with Gasteiger partial charge in [-0.1, -0.05) is 12.1 Å². The first-order valence-electron chi connectivity index (χ1n) is 6.59. The van der Waals surface area contributed by atoms with Gasteiger partial charge in [-0.15, -0.1) is 0 Å². The number of hydrogen-bond donors (Lipinski definition) is 2. The normalized spacial score (nSPS) is 11.2. The van der Waals surface area contributed by atoms with Crippen molar-refractivity contribution in [1.29, 1.82) is 0 Å². The highest BCUT2D eigenvalue weighted by molar-refractivity contribution is 5.52. The number of pyridine rings is 1. The van der Waals surface area contributed by atoms with Gasteiger partial charge in [-0.3, -0.25) is 0 Å². The first-order chi connectivity index (χ1) is 9.99. The zero-order valence-electron chi connectivity index (χ0n) is 11.5. The summed E-state index contributed by atoms with van der Waals surface area (Å²) in [4.78, 5) is 4.15. The highest BCUT2D eigenvalue weighted by Crippen LogP contribution is 2.29. The van der Waals surface area contributed by atoms with Gasteiger partial charge in [0.05, 0.1) is 5.56 Å². The Morgan fingerprint density at radius 3 is 2.38 bits per heavy atom. The molecule has 0 saturated carbocycles. The van der Waals surface area contributed by atoms with Gasteiger partial charge >= 0.3 is 6.18 Å². The summed E-state index contributed by atoms with van der Waals surface area (Å²) in [7, 11) is 0. The van der Waals surface area contributed by atoms with Crippen LogP contribution in [0.2, 0.25) is 0 Å². The highest BCUT2D eigenvalue weighted by Gasteiger charge is 2.29. The van der Waals surface area contributed by atoms with Crippen molar-refractivity contribution >= 4 is 11.5 Å². The Labute approximate surface area is 121 Å². The fraction of sp³-hybridized carbons (Fsp3) is 0.267. The van der Waals surface area contributed by atoms with Crippen LogP contribution in [0, 0.1) is 0 Å². The van der Waals surface area contributed by atoms with Gasteiger partial charge in [0, 0.05) is 31.0 Å². The maximum atomic E-state index is 12.5. The fourth-order valence-corrected chi connectivity index (χ4v) is 1.83. The van der Waals surface area contributed by atoms with Crippen molar-refractivity contribution in [1.82, 2.24) is 4.98 Å². The van der Waals surface area contributed by atoms with E-state index in [1.165, 1.54) is 12.1 Å². The fourth-order valence-electron chi connectivity index (χ4n) is 1.83. The number of rotatable bonds is 5. The van der Waals surface area contributed by atoms with Crippen LogP contribution in [0.1, 0.15) is 18.1 Å². The zero-order chi connectivity index (χ0) is 15.3. The third-order valence-corrected chi connectivity index (χ3v) is 2.90. The molecule has 0 fully saturated rings. The van der Waals surface area contributed by atoms with Gasteiger partial charge in [0.1, 0.15) is 5.82 Å². The average molecular weight is 295 g/mol. The standard InChI is InChI=1S/C15H16F3N3/c1-2-19-14-9-13(7-8-20-14)21-10-11-3-5-12(6-4-11)15(16,17)18/h3-9H,2,10H2,1H3,(H2,19,20,21). The van der Waals surface area contributed by atoms with E-state index in [0.717, 1.165) is 35.7 Å². The van der Waals surface area contributed by atoms with E-state index in [0.29, 0.717) is 6.54 Å². The molecule has 0 spiro atoms. The third-order valence-electron chi connectivity index (χ3n) is 2.90. The lowest BCUT2D eigenvalue weighted by Crippen LogP contribution is -2.06. The van der Waals surface area contributed by atoms with E-state index in [-0.39, 0.29) is 0 Å². The molecule has 0 bridgehead atoms. The molecular weight excluding hydrogens is 279 g/mol. The van der Waals surface area contributed by atoms with Crippen LogP contribution in [0.25, 0.3) is 0 Å². The summed E-state index contributed by atoms with van der Waals surface area (Å²) in [6.45, 7) is 3.20. The van der Waals surface area contributed by atoms with Crippen molar-refractivity contribution in [2.45, 2.75) is 19.6 Å². The predicted molar refractivity (Wildman–Crippen MR) is 77.2 cm³/mol. The lowest BCUT2D eigenvalue weighted by atomic mass is 10.1. The number of aromatic nitrogens is 1. The van der Waals surface area contributed by atoms with E-state index in [2.05, 4.69) is 15.6 Å². The van der Waals surface area contributed by atoms with Crippen LogP contribution in [0.4, 0.5) is 24.7 Å². The van der Waals surface area contributed by atoms with Gasteiger partial charge in [-0.2, -0.15) is 13.2 Å². The molecule has 0 saturated heterocycles. The zero-order valence-corrected chi connectivity index (χ0v) is 11.5. The molecular formula is C15H16F3N3. The molecule has 1 aromatic heterocycles. The lowest BCUT2D eigenvalue weighted by Gasteiger charge is -2.10. The average Bonchev–Trinajstić information content (AvgIpc) is 2.45. The van der Waals surface area contributed by atoms with Gasteiger partial charge < -0.3 is 10.6 Å². The number of hydrogen-bond acceptors (Lipinski definition) is 3. The first-order valence-corrected chi connectivity index (χ1v) is 6.59. The minimum absolute atomic E-state index is 0.452. The Morgan fingerprint density at radius 2 is 1.76 bits per heavy atom. The molecule has 1 aromatic carbocycles. The Balaban J connectivity index is 1.98. The van der Waals surface area contributed by atoms with E-state index >= 15 is 0 Å². The number of anilines is 2. The molecule has 0 radical (unpaired) electrons. The molecule has 6 heteroatoms. The summed E-state index contributed by atoms with van der Waals surface area (Å²) in [6.07, 6.45) is -2.62. The summed E-state index contributed by atoms with van der Waals surface area (Å²) in [5, 5.41) is 6.25. The highest BCUT2D eigenvalue weighted by atomic mass is 19.4. The SMILES string of the molecule is CCNc1cc(NCc2ccc(C(F)(F)F)cc2)ccn1. The number of halogens is 3. The van der Waals surface area contributed by atoms with Crippen molar-refractivity contribution in [2.75, 3.05) is 17.2 Å². The van der Waals surface area contributed by atoms with Crippen molar-refractivity contribution in [3.8, 4) is 0 Å². The number of benzene rings is 1. The van der Waals surface area contributed by atoms with Gasteiger partial charge in [-0.05, 0) is 30.7 Å². The molecule has 2 N–H and O–H groups in total. The molecule has 0 aliphatic heterocycles. The smallest absolute Gasteiger partial charge is 0.381 e. The maximum absolute atomic E-state index is 12.5. The van der Waals surface area contributed by atoms with Crippen LogP contribution in [0.15, 0.2) is 42.6 Å². The summed E-state index contributed by atoms with van der Waals surface area (Å²) in [6, 6.07) is 8.80. The molecule has 0 amide bonds. The molecule has 0 aliphatic carbocycles. The summed E-state index contributed by atoms with van der Waals surface area (Å²) >= 11 is 0. The van der Waals surface area contributed by atoms with E-state index in [1.807, 2.05) is 19.1 Å². The van der Waals surface area contributed by atoms with Crippen molar-refractivity contribution < 1.29 is 13.2 Å². The van der Waals surface area contributed by atoms with E-state index in [1.54, 1.807) is 6.20 Å². The van der Waals surface area contributed by atoms with Crippen LogP contribution in [0.3, 0.4) is 0 Å². The third kappa shape index (κ3) is 4.37. The topological polar surface area (TPSA) is 37.0 Å². The van der Waals surface area contributed by atoms with Crippen molar-refractivity contribution in [3.63, 3.8) is 0 Å². The molecule has 2 rings (SSSR count). The van der Waals surface area contributed by atoms with Crippen LogP contribution >= 0.6 is 0 Å². The van der Waals surface area contributed by atoms with Crippen LogP contribution in [-0.2, 0) is 12.7 Å². The second-order valence-corrected chi connectivity index (χ2v) is 4.51. The second-order valence-electron chi connectivity index (χ2n) is 4.51. The Hall–Kier alpha value is -2.24.